The van der Waals surface area contributed by atoms with Crippen molar-refractivity contribution in [1.82, 2.24) is 10.2 Å². The van der Waals surface area contributed by atoms with Gasteiger partial charge in [-0.15, -0.1) is 0 Å². The number of amides is 3. The molecular formula is C39H61N3O12. The standard InChI is InChI=1S/C39H61N3O12/c1-36(2,3)51-31(45)23-20-28(34(48)54-39(10,11)12)42(35(49)50-24-25-16-14-13-15-17-25)30(44)22-19-27(33(47)53-38(7,8)9)41-29(43)21-18-26(40)32(46)52-37(4,5)6/h13-17,26-28H,18-24,40H2,1-12H3,(H,41,43)/t26-,27-,28-/m0/s1. The van der Waals surface area contributed by atoms with Gasteiger partial charge in [0.05, 0.1) is 0 Å². The molecule has 0 aliphatic carbocycles. The average molecular weight is 764 g/mol. The normalized spacial score (nSPS) is 13.7. The minimum atomic E-state index is -1.63. The average Bonchev–Trinajstić information content (AvgIpc) is 2.99. The minimum absolute atomic E-state index is 0.100. The highest BCUT2D eigenvalue weighted by Gasteiger charge is 2.40. The van der Waals surface area contributed by atoms with E-state index in [4.69, 9.17) is 29.4 Å². The fourth-order valence-corrected chi connectivity index (χ4v) is 4.62. The largest absolute Gasteiger partial charge is 0.460 e. The van der Waals surface area contributed by atoms with Crippen LogP contribution in [0.15, 0.2) is 30.3 Å². The molecule has 3 atom stereocenters. The van der Waals surface area contributed by atoms with Gasteiger partial charge in [-0.1, -0.05) is 30.3 Å². The molecule has 3 amide bonds. The number of carbonyl (C=O) groups excluding carboxylic acids is 7. The topological polar surface area (TPSA) is 207 Å². The lowest BCUT2D eigenvalue weighted by molar-refractivity contribution is -0.165. The SMILES string of the molecule is CC(C)(C)OC(=O)CC[C@@H](C(=O)OC(C)(C)C)N(C(=O)CC[C@H](NC(=O)CC[C@H](N)C(=O)OC(C)(C)C)C(=O)OC(C)(C)C)C(=O)OCc1ccccc1. The molecule has 304 valence electrons. The summed E-state index contributed by atoms with van der Waals surface area (Å²) in [6.07, 6.45) is -3.22. The number of hydrogen-bond donors (Lipinski definition) is 2. The monoisotopic (exact) mass is 763 g/mol. The number of hydrogen-bond acceptors (Lipinski definition) is 13. The molecule has 0 heterocycles. The van der Waals surface area contributed by atoms with Crippen molar-refractivity contribution >= 4 is 41.8 Å². The van der Waals surface area contributed by atoms with Crippen LogP contribution in [0.3, 0.4) is 0 Å². The first-order valence-corrected chi connectivity index (χ1v) is 18.0. The Morgan fingerprint density at radius 2 is 1.13 bits per heavy atom. The maximum Gasteiger partial charge on any atom is 0.417 e. The van der Waals surface area contributed by atoms with E-state index in [2.05, 4.69) is 5.32 Å². The van der Waals surface area contributed by atoms with E-state index in [1.807, 2.05) is 0 Å². The third kappa shape index (κ3) is 20.1. The molecule has 15 heteroatoms. The molecule has 54 heavy (non-hydrogen) atoms. The molecule has 0 radical (unpaired) electrons. The summed E-state index contributed by atoms with van der Waals surface area (Å²) in [6, 6.07) is 4.49. The number of nitrogens with one attached hydrogen (secondary N) is 1. The second-order valence-electron chi connectivity index (χ2n) is 16.8. The summed E-state index contributed by atoms with van der Waals surface area (Å²) in [7, 11) is 0. The Morgan fingerprint density at radius 3 is 1.65 bits per heavy atom. The number of esters is 4. The van der Waals surface area contributed by atoms with E-state index in [0.29, 0.717) is 10.5 Å². The fraction of sp³-hybridized carbons (Fsp3) is 0.667. The molecule has 1 rings (SSSR count). The van der Waals surface area contributed by atoms with Gasteiger partial charge >= 0.3 is 30.0 Å². The molecular weight excluding hydrogens is 702 g/mol. The first-order chi connectivity index (χ1) is 24.6. The van der Waals surface area contributed by atoms with Gasteiger partial charge in [-0.3, -0.25) is 19.2 Å². The van der Waals surface area contributed by atoms with Gasteiger partial charge in [0.25, 0.3) is 0 Å². The second-order valence-corrected chi connectivity index (χ2v) is 16.8. The molecule has 15 nitrogen and oxygen atoms in total. The molecule has 0 saturated heterocycles. The van der Waals surface area contributed by atoms with E-state index < -0.39 is 88.7 Å². The highest BCUT2D eigenvalue weighted by Crippen LogP contribution is 2.21. The molecule has 0 unspecified atom stereocenters. The van der Waals surface area contributed by atoms with Crippen LogP contribution in [0.2, 0.25) is 0 Å². The molecule has 0 saturated carbocycles. The lowest BCUT2D eigenvalue weighted by Crippen LogP contribution is -2.51. The van der Waals surface area contributed by atoms with Crippen molar-refractivity contribution in [3.05, 3.63) is 35.9 Å². The Kier molecular flexibility index (Phi) is 17.8. The summed E-state index contributed by atoms with van der Waals surface area (Å²) in [4.78, 5) is 93.3. The molecule has 0 spiro atoms. The highest BCUT2D eigenvalue weighted by molar-refractivity contribution is 5.97. The number of imide groups is 1. The lowest BCUT2D eigenvalue weighted by Gasteiger charge is -2.31. The number of rotatable bonds is 16. The third-order valence-corrected chi connectivity index (χ3v) is 6.77. The fourth-order valence-electron chi connectivity index (χ4n) is 4.62. The van der Waals surface area contributed by atoms with E-state index in [0.717, 1.165) is 0 Å². The van der Waals surface area contributed by atoms with E-state index in [1.54, 1.807) is 113 Å². The summed E-state index contributed by atoms with van der Waals surface area (Å²) < 4.78 is 27.2. The zero-order valence-corrected chi connectivity index (χ0v) is 34.0. The minimum Gasteiger partial charge on any atom is -0.460 e. The van der Waals surface area contributed by atoms with Crippen LogP contribution in [-0.2, 0) is 59.1 Å². The van der Waals surface area contributed by atoms with Gasteiger partial charge in [0.15, 0.2) is 0 Å². The number of nitrogens with two attached hydrogens (primary N) is 1. The molecule has 0 bridgehead atoms. The van der Waals surface area contributed by atoms with Crippen molar-refractivity contribution in [3.63, 3.8) is 0 Å². The Labute approximate surface area is 319 Å². The summed E-state index contributed by atoms with van der Waals surface area (Å²) >= 11 is 0. The Bertz CT molecular complexity index is 1450. The van der Waals surface area contributed by atoms with Crippen molar-refractivity contribution < 1.29 is 57.2 Å². The van der Waals surface area contributed by atoms with Crippen LogP contribution in [-0.4, -0.2) is 87.2 Å². The summed E-state index contributed by atoms with van der Waals surface area (Å²) in [5.74, 6) is -4.85. The van der Waals surface area contributed by atoms with Crippen LogP contribution >= 0.6 is 0 Å². The van der Waals surface area contributed by atoms with Gasteiger partial charge in [-0.05, 0) is 108 Å². The predicted molar refractivity (Wildman–Crippen MR) is 198 cm³/mol. The van der Waals surface area contributed by atoms with Crippen LogP contribution in [0, 0.1) is 0 Å². The zero-order chi connectivity index (χ0) is 41.7. The van der Waals surface area contributed by atoms with Crippen molar-refractivity contribution in [3.8, 4) is 0 Å². The van der Waals surface area contributed by atoms with E-state index in [-0.39, 0.29) is 38.7 Å². The highest BCUT2D eigenvalue weighted by atomic mass is 16.6. The third-order valence-electron chi connectivity index (χ3n) is 6.77. The van der Waals surface area contributed by atoms with E-state index in [1.165, 1.54) is 0 Å². The Balaban J connectivity index is 3.42. The Morgan fingerprint density at radius 1 is 0.630 bits per heavy atom. The van der Waals surface area contributed by atoms with Crippen molar-refractivity contribution in [2.75, 3.05) is 0 Å². The van der Waals surface area contributed by atoms with Crippen LogP contribution < -0.4 is 11.1 Å². The molecule has 0 aromatic heterocycles. The molecule has 3 N–H and O–H groups in total. The zero-order valence-electron chi connectivity index (χ0n) is 34.0. The maximum atomic E-state index is 14.1. The second kappa shape index (κ2) is 20.2. The molecule has 1 aromatic carbocycles. The van der Waals surface area contributed by atoms with Crippen LogP contribution in [0.25, 0.3) is 0 Å². The summed E-state index contributed by atoms with van der Waals surface area (Å²) in [5, 5.41) is 2.54. The van der Waals surface area contributed by atoms with Gasteiger partial charge in [-0.2, -0.15) is 0 Å². The number of ether oxygens (including phenoxy) is 5. The van der Waals surface area contributed by atoms with Crippen molar-refractivity contribution in [2.24, 2.45) is 5.73 Å². The van der Waals surface area contributed by atoms with Crippen LogP contribution in [0.5, 0.6) is 0 Å². The molecule has 0 aliphatic heterocycles. The van der Waals surface area contributed by atoms with Gasteiger partial charge in [0.1, 0.15) is 47.1 Å². The molecule has 0 aliphatic rings. The van der Waals surface area contributed by atoms with Gasteiger partial charge in [0, 0.05) is 19.3 Å². The van der Waals surface area contributed by atoms with Crippen molar-refractivity contribution in [1.29, 1.82) is 0 Å². The van der Waals surface area contributed by atoms with Crippen LogP contribution in [0.1, 0.15) is 127 Å². The quantitative estimate of drug-likeness (QED) is 0.167. The lowest BCUT2D eigenvalue weighted by atomic mass is 10.1. The smallest absolute Gasteiger partial charge is 0.417 e. The number of benzene rings is 1. The summed E-state index contributed by atoms with van der Waals surface area (Å²) in [5.41, 5.74) is 2.88. The van der Waals surface area contributed by atoms with Gasteiger partial charge < -0.3 is 34.7 Å². The first-order valence-electron chi connectivity index (χ1n) is 18.0. The van der Waals surface area contributed by atoms with E-state index >= 15 is 0 Å². The van der Waals surface area contributed by atoms with E-state index in [9.17, 15) is 33.6 Å². The number of carbonyl (C=O) groups is 7. The van der Waals surface area contributed by atoms with Crippen LogP contribution in [0.4, 0.5) is 4.79 Å². The maximum absolute atomic E-state index is 14.1. The van der Waals surface area contributed by atoms with Crippen molar-refractivity contribution in [2.45, 2.75) is 169 Å². The molecule has 0 fully saturated rings. The Hall–Kier alpha value is -4.53. The molecule has 1 aromatic rings. The summed E-state index contributed by atoms with van der Waals surface area (Å²) in [6.45, 7) is 19.5. The van der Waals surface area contributed by atoms with Gasteiger partial charge in [0.2, 0.25) is 11.8 Å². The number of nitrogens with zero attached hydrogens (tertiary/aromatic N) is 1. The first kappa shape index (κ1) is 47.5. The predicted octanol–water partition coefficient (Wildman–Crippen LogP) is 5.04. The van der Waals surface area contributed by atoms with Gasteiger partial charge in [-0.25, -0.2) is 19.3 Å².